The van der Waals surface area contributed by atoms with Crippen LogP contribution in [-0.4, -0.2) is 41.5 Å². The van der Waals surface area contributed by atoms with Crippen LogP contribution >= 0.6 is 11.3 Å². The van der Waals surface area contributed by atoms with Gasteiger partial charge in [-0.1, -0.05) is 18.2 Å². The van der Waals surface area contributed by atoms with E-state index >= 15 is 0 Å². The molecule has 3 amide bonds. The number of nitrogens with one attached hydrogen (secondary N) is 2. The van der Waals surface area contributed by atoms with Crippen molar-refractivity contribution < 1.29 is 9.59 Å². The maximum Gasteiger partial charge on any atom is 0.321 e. The van der Waals surface area contributed by atoms with Gasteiger partial charge in [0.1, 0.15) is 0 Å². The number of thiazole rings is 1. The van der Waals surface area contributed by atoms with E-state index in [1.54, 1.807) is 11.3 Å². The van der Waals surface area contributed by atoms with E-state index in [4.69, 9.17) is 4.98 Å². The monoisotopic (exact) mass is 412 g/mol. The molecule has 0 radical (unpaired) electrons. The predicted molar refractivity (Wildman–Crippen MR) is 115 cm³/mol. The van der Waals surface area contributed by atoms with Gasteiger partial charge < -0.3 is 15.5 Å². The molecule has 2 fully saturated rings. The second-order valence-corrected chi connectivity index (χ2v) is 8.89. The van der Waals surface area contributed by atoms with Gasteiger partial charge >= 0.3 is 6.03 Å². The van der Waals surface area contributed by atoms with Crippen molar-refractivity contribution in [2.24, 2.45) is 5.92 Å². The molecule has 1 aliphatic carbocycles. The van der Waals surface area contributed by atoms with Gasteiger partial charge in [-0.05, 0) is 44.2 Å². The zero-order valence-corrected chi connectivity index (χ0v) is 17.6. The molecular weight excluding hydrogens is 384 g/mol. The summed E-state index contributed by atoms with van der Waals surface area (Å²) in [5.74, 6) is 0.864. The highest BCUT2D eigenvalue weighted by Gasteiger charge is 2.29. The molecule has 4 rings (SSSR count). The zero-order valence-electron chi connectivity index (χ0n) is 16.8. The number of benzene rings is 1. The van der Waals surface area contributed by atoms with E-state index in [1.807, 2.05) is 36.1 Å². The van der Waals surface area contributed by atoms with Crippen molar-refractivity contribution >= 4 is 29.0 Å². The zero-order chi connectivity index (χ0) is 20.2. The van der Waals surface area contributed by atoms with Crippen molar-refractivity contribution in [1.82, 2.24) is 15.2 Å². The summed E-state index contributed by atoms with van der Waals surface area (Å²) >= 11 is 1.70. The van der Waals surface area contributed by atoms with Gasteiger partial charge in [0.25, 0.3) is 0 Å². The Balaban J connectivity index is 1.23. The number of para-hydroxylation sites is 1. The number of amides is 3. The number of likely N-dealkylation sites (tertiary alicyclic amines) is 1. The van der Waals surface area contributed by atoms with Crippen molar-refractivity contribution in [3.05, 3.63) is 45.9 Å². The van der Waals surface area contributed by atoms with Crippen molar-refractivity contribution in [3.63, 3.8) is 0 Å². The molecule has 1 saturated heterocycles. The summed E-state index contributed by atoms with van der Waals surface area (Å²) in [7, 11) is 0. The van der Waals surface area contributed by atoms with E-state index in [-0.39, 0.29) is 17.9 Å². The Morgan fingerprint density at radius 1 is 1.17 bits per heavy atom. The van der Waals surface area contributed by atoms with Gasteiger partial charge in [0, 0.05) is 49.0 Å². The molecule has 0 spiro atoms. The predicted octanol–water partition coefficient (Wildman–Crippen LogP) is 3.93. The number of nitrogens with zero attached hydrogens (tertiary/aromatic N) is 2. The van der Waals surface area contributed by atoms with Gasteiger partial charge in [-0.3, -0.25) is 4.79 Å². The van der Waals surface area contributed by atoms with Crippen LogP contribution in [-0.2, 0) is 11.2 Å². The average Bonchev–Trinajstić information content (AvgIpc) is 3.48. The lowest BCUT2D eigenvalue weighted by molar-refractivity contribution is -0.122. The number of hydrogen-bond acceptors (Lipinski definition) is 4. The second-order valence-electron chi connectivity index (χ2n) is 8.00. The number of urea groups is 1. The first-order valence-corrected chi connectivity index (χ1v) is 11.3. The Bertz CT molecular complexity index is 869. The largest absolute Gasteiger partial charge is 0.355 e. The topological polar surface area (TPSA) is 74.3 Å². The molecule has 0 unspecified atom stereocenters. The van der Waals surface area contributed by atoms with Crippen LogP contribution in [0.1, 0.15) is 47.9 Å². The molecule has 7 heteroatoms. The van der Waals surface area contributed by atoms with Gasteiger partial charge in [-0.25, -0.2) is 9.78 Å². The fourth-order valence-electron chi connectivity index (χ4n) is 3.67. The van der Waals surface area contributed by atoms with Gasteiger partial charge in [-0.2, -0.15) is 0 Å². The van der Waals surface area contributed by atoms with Crippen LogP contribution in [0.15, 0.2) is 29.6 Å². The summed E-state index contributed by atoms with van der Waals surface area (Å²) in [6.07, 6.45) is 4.73. The summed E-state index contributed by atoms with van der Waals surface area (Å²) in [5, 5.41) is 9.29. The van der Waals surface area contributed by atoms with E-state index in [2.05, 4.69) is 16.0 Å². The SMILES string of the molecule is Cc1ccccc1NC(=O)N1CCC(c2nc(CCNC(=O)C3CC3)cs2)CC1. The fourth-order valence-corrected chi connectivity index (χ4v) is 4.69. The minimum Gasteiger partial charge on any atom is -0.355 e. The Morgan fingerprint density at radius 2 is 1.93 bits per heavy atom. The van der Waals surface area contributed by atoms with E-state index in [1.165, 1.54) is 0 Å². The summed E-state index contributed by atoms with van der Waals surface area (Å²) in [6, 6.07) is 7.82. The Labute approximate surface area is 175 Å². The van der Waals surface area contributed by atoms with E-state index < -0.39 is 0 Å². The molecule has 154 valence electrons. The molecule has 2 aromatic rings. The quantitative estimate of drug-likeness (QED) is 0.755. The minimum atomic E-state index is -0.0241. The lowest BCUT2D eigenvalue weighted by atomic mass is 9.98. The smallest absolute Gasteiger partial charge is 0.321 e. The Kier molecular flexibility index (Phi) is 6.13. The number of carbonyl (C=O) groups excluding carboxylic acids is 2. The normalized spacial score (nSPS) is 17.2. The van der Waals surface area contributed by atoms with Crippen LogP contribution in [0.25, 0.3) is 0 Å². The third-order valence-electron chi connectivity index (χ3n) is 5.72. The lowest BCUT2D eigenvalue weighted by Crippen LogP contribution is -2.40. The number of rotatable bonds is 6. The lowest BCUT2D eigenvalue weighted by Gasteiger charge is -2.31. The highest BCUT2D eigenvalue weighted by atomic mass is 32.1. The Hall–Kier alpha value is -2.41. The van der Waals surface area contributed by atoms with E-state index in [0.717, 1.165) is 67.1 Å². The molecule has 1 aromatic carbocycles. The standard InChI is InChI=1S/C22H28N4O2S/c1-15-4-2-3-5-19(15)25-22(28)26-12-9-17(10-13-26)21-24-18(14-29-21)8-11-23-20(27)16-6-7-16/h2-5,14,16-17H,6-13H2,1H3,(H,23,27)(H,25,28). The van der Waals surface area contributed by atoms with Gasteiger partial charge in [0.05, 0.1) is 10.7 Å². The second kappa shape index (κ2) is 8.95. The molecule has 29 heavy (non-hydrogen) atoms. The van der Waals surface area contributed by atoms with Crippen LogP contribution in [0.3, 0.4) is 0 Å². The van der Waals surface area contributed by atoms with Crippen LogP contribution < -0.4 is 10.6 Å². The number of aryl methyl sites for hydroxylation is 1. The minimum absolute atomic E-state index is 0.0241. The third-order valence-corrected chi connectivity index (χ3v) is 6.77. The molecular formula is C22H28N4O2S. The molecule has 6 nitrogen and oxygen atoms in total. The van der Waals surface area contributed by atoms with Gasteiger partial charge in [-0.15, -0.1) is 11.3 Å². The maximum absolute atomic E-state index is 12.6. The van der Waals surface area contributed by atoms with Crippen molar-refractivity contribution in [2.45, 2.75) is 44.9 Å². The van der Waals surface area contributed by atoms with Crippen LogP contribution in [0, 0.1) is 12.8 Å². The fraction of sp³-hybridized carbons (Fsp3) is 0.500. The van der Waals surface area contributed by atoms with Gasteiger partial charge in [0.15, 0.2) is 0 Å². The molecule has 1 aliphatic heterocycles. The third kappa shape index (κ3) is 5.15. The molecule has 0 bridgehead atoms. The van der Waals surface area contributed by atoms with Crippen LogP contribution in [0.5, 0.6) is 0 Å². The van der Waals surface area contributed by atoms with E-state index in [0.29, 0.717) is 12.5 Å². The van der Waals surface area contributed by atoms with Gasteiger partial charge in [0.2, 0.25) is 5.91 Å². The summed E-state index contributed by atoms with van der Waals surface area (Å²) in [5.41, 5.74) is 3.00. The first-order chi connectivity index (χ1) is 14.1. The molecule has 0 atom stereocenters. The van der Waals surface area contributed by atoms with Crippen LogP contribution in [0.4, 0.5) is 10.5 Å². The van der Waals surface area contributed by atoms with Crippen molar-refractivity contribution in [2.75, 3.05) is 25.0 Å². The molecule has 2 aliphatic rings. The highest BCUT2D eigenvalue weighted by Crippen LogP contribution is 2.31. The molecule has 1 aromatic heterocycles. The molecule has 2 N–H and O–H groups in total. The highest BCUT2D eigenvalue weighted by molar-refractivity contribution is 7.09. The van der Waals surface area contributed by atoms with E-state index in [9.17, 15) is 9.59 Å². The molecule has 1 saturated carbocycles. The first-order valence-electron chi connectivity index (χ1n) is 10.4. The first kappa shape index (κ1) is 19.9. The average molecular weight is 413 g/mol. The van der Waals surface area contributed by atoms with Crippen molar-refractivity contribution in [3.8, 4) is 0 Å². The summed E-state index contributed by atoms with van der Waals surface area (Å²) in [6.45, 7) is 4.15. The molecule has 2 heterocycles. The summed E-state index contributed by atoms with van der Waals surface area (Å²) < 4.78 is 0. The Morgan fingerprint density at radius 3 is 2.66 bits per heavy atom. The number of piperidine rings is 1. The number of aromatic nitrogens is 1. The van der Waals surface area contributed by atoms with Crippen molar-refractivity contribution in [1.29, 1.82) is 0 Å². The number of hydrogen-bond donors (Lipinski definition) is 2. The number of carbonyl (C=O) groups is 2. The maximum atomic E-state index is 12.6. The van der Waals surface area contributed by atoms with Crippen LogP contribution in [0.2, 0.25) is 0 Å². The summed E-state index contributed by atoms with van der Waals surface area (Å²) in [4.78, 5) is 30.9. The number of anilines is 1.